The highest BCUT2D eigenvalue weighted by Gasteiger charge is 2.42. The molecule has 7 nitrogen and oxygen atoms in total. The number of piperidine rings is 2. The van der Waals surface area contributed by atoms with Crippen molar-refractivity contribution in [2.24, 2.45) is 5.41 Å². The van der Waals surface area contributed by atoms with Crippen LogP contribution in [0.4, 0.5) is 11.8 Å². The summed E-state index contributed by atoms with van der Waals surface area (Å²) >= 11 is 0. The van der Waals surface area contributed by atoms with E-state index in [2.05, 4.69) is 26.7 Å². The van der Waals surface area contributed by atoms with E-state index >= 15 is 0 Å². The van der Waals surface area contributed by atoms with Crippen LogP contribution < -0.4 is 9.80 Å². The van der Waals surface area contributed by atoms with Gasteiger partial charge in [-0.3, -0.25) is 4.98 Å². The van der Waals surface area contributed by atoms with Gasteiger partial charge in [0.1, 0.15) is 5.82 Å². The Bertz CT molecular complexity index is 849. The van der Waals surface area contributed by atoms with E-state index in [1.807, 2.05) is 0 Å². The van der Waals surface area contributed by atoms with Gasteiger partial charge in [-0.1, -0.05) is 0 Å². The van der Waals surface area contributed by atoms with Crippen LogP contribution in [-0.2, 0) is 12.8 Å². The van der Waals surface area contributed by atoms with Crippen LogP contribution in [0.3, 0.4) is 0 Å². The fourth-order valence-corrected chi connectivity index (χ4v) is 5.27. The highest BCUT2D eigenvalue weighted by Crippen LogP contribution is 2.41. The van der Waals surface area contributed by atoms with Gasteiger partial charge in [-0.25, -0.2) is 15.0 Å². The number of aromatic nitrogens is 4. The number of nitrogens with zero attached hydrogens (tertiary/aromatic N) is 6. The lowest BCUT2D eigenvalue weighted by atomic mass is 9.71. The van der Waals surface area contributed by atoms with E-state index in [9.17, 15) is 5.11 Å². The molecule has 2 aromatic heterocycles. The summed E-state index contributed by atoms with van der Waals surface area (Å²) in [5.74, 6) is 1.76. The van der Waals surface area contributed by atoms with E-state index < -0.39 is 0 Å². The first kappa shape index (κ1) is 17.8. The molecule has 0 bridgehead atoms. The van der Waals surface area contributed by atoms with Crippen LogP contribution in [0.5, 0.6) is 0 Å². The molecule has 148 valence electrons. The molecule has 2 fully saturated rings. The van der Waals surface area contributed by atoms with Crippen LogP contribution in [0.25, 0.3) is 0 Å². The summed E-state index contributed by atoms with van der Waals surface area (Å²) in [4.78, 5) is 22.9. The van der Waals surface area contributed by atoms with Gasteiger partial charge in [0.25, 0.3) is 0 Å². The van der Waals surface area contributed by atoms with Crippen LogP contribution in [0.2, 0.25) is 0 Å². The zero-order valence-electron chi connectivity index (χ0n) is 16.5. The number of β-amino-alcohol motifs (C(OH)–C–C–N with tert-alkyl or cyclic N) is 1. The summed E-state index contributed by atoms with van der Waals surface area (Å²) in [5, 5.41) is 10.6. The van der Waals surface area contributed by atoms with Gasteiger partial charge >= 0.3 is 0 Å². The minimum absolute atomic E-state index is 0.122. The van der Waals surface area contributed by atoms with Gasteiger partial charge in [-0.2, -0.15) is 0 Å². The largest absolute Gasteiger partial charge is 0.391 e. The van der Waals surface area contributed by atoms with E-state index in [4.69, 9.17) is 9.97 Å². The molecule has 1 N–H and O–H groups in total. The molecule has 1 spiro atoms. The van der Waals surface area contributed by atoms with Gasteiger partial charge in [0, 0.05) is 50.0 Å². The number of hydrogen-bond donors (Lipinski definition) is 1. The van der Waals surface area contributed by atoms with Crippen molar-refractivity contribution in [2.75, 3.05) is 36.0 Å². The van der Waals surface area contributed by atoms with Crippen molar-refractivity contribution in [1.82, 2.24) is 19.9 Å². The van der Waals surface area contributed by atoms with Gasteiger partial charge in [-0.15, -0.1) is 0 Å². The molecule has 1 aliphatic carbocycles. The minimum atomic E-state index is -0.319. The normalized spacial score (nSPS) is 23.9. The molecule has 28 heavy (non-hydrogen) atoms. The predicted molar refractivity (Wildman–Crippen MR) is 108 cm³/mol. The van der Waals surface area contributed by atoms with Gasteiger partial charge < -0.3 is 14.9 Å². The lowest BCUT2D eigenvalue weighted by molar-refractivity contribution is 0.0593. The quantitative estimate of drug-likeness (QED) is 0.853. The fourth-order valence-electron chi connectivity index (χ4n) is 5.27. The summed E-state index contributed by atoms with van der Waals surface area (Å²) in [6.07, 6.45) is 11.2. The van der Waals surface area contributed by atoms with Crippen molar-refractivity contribution in [3.63, 3.8) is 0 Å². The lowest BCUT2D eigenvalue weighted by Crippen LogP contribution is -2.54. The molecule has 1 atom stereocenters. The molecule has 2 aliphatic heterocycles. The molecule has 7 heteroatoms. The molecule has 3 aliphatic rings. The van der Waals surface area contributed by atoms with Gasteiger partial charge in [-0.05, 0) is 56.4 Å². The minimum Gasteiger partial charge on any atom is -0.391 e. The fraction of sp³-hybridized carbons (Fsp3) is 0.619. The Morgan fingerprint density at radius 3 is 2.75 bits per heavy atom. The number of aliphatic hydroxyl groups excluding tert-OH is 1. The Hall–Kier alpha value is -2.28. The maximum absolute atomic E-state index is 10.6. The standard InChI is InChI=1S/C21H28N6O/c1-15-17-3-2-4-18(17)25-20(24-15)26-9-5-21(6-10-26)11-16(28)13-27(14-21)19-12-22-7-8-23-19/h7-8,12,16,28H,2-6,9-11,13-14H2,1H3. The molecule has 5 rings (SSSR count). The number of rotatable bonds is 2. The van der Waals surface area contributed by atoms with Gasteiger partial charge in [0.05, 0.1) is 12.3 Å². The zero-order valence-corrected chi connectivity index (χ0v) is 16.5. The summed E-state index contributed by atoms with van der Waals surface area (Å²) in [5.41, 5.74) is 3.90. The van der Waals surface area contributed by atoms with Crippen LogP contribution >= 0.6 is 0 Å². The molecule has 1 unspecified atom stereocenters. The molecular weight excluding hydrogens is 352 g/mol. The lowest BCUT2D eigenvalue weighted by Gasteiger charge is -2.49. The number of aliphatic hydroxyl groups is 1. The van der Waals surface area contributed by atoms with E-state index in [-0.39, 0.29) is 11.5 Å². The average Bonchev–Trinajstić information content (AvgIpc) is 3.18. The second-order valence-electron chi connectivity index (χ2n) is 8.68. The van der Waals surface area contributed by atoms with E-state index in [1.165, 1.54) is 17.7 Å². The third kappa shape index (κ3) is 3.21. The van der Waals surface area contributed by atoms with Gasteiger partial charge in [0.15, 0.2) is 0 Å². The molecule has 0 saturated carbocycles. The Morgan fingerprint density at radius 1 is 1.11 bits per heavy atom. The SMILES string of the molecule is Cc1nc(N2CCC3(CC2)CC(O)CN(c2cnccn2)C3)nc2c1CCC2. The van der Waals surface area contributed by atoms with Crippen LogP contribution in [0.15, 0.2) is 18.6 Å². The Balaban J connectivity index is 1.31. The Morgan fingerprint density at radius 2 is 1.96 bits per heavy atom. The molecular formula is C21H28N6O. The predicted octanol–water partition coefficient (Wildman–Crippen LogP) is 1.92. The first-order chi connectivity index (χ1) is 13.6. The maximum atomic E-state index is 10.6. The van der Waals surface area contributed by atoms with Crippen molar-refractivity contribution < 1.29 is 5.11 Å². The monoisotopic (exact) mass is 380 g/mol. The average molecular weight is 380 g/mol. The van der Waals surface area contributed by atoms with Gasteiger partial charge in [0.2, 0.25) is 5.95 Å². The number of aryl methyl sites for hydroxylation is 2. The third-order valence-electron chi connectivity index (χ3n) is 6.73. The van der Waals surface area contributed by atoms with E-state index in [0.717, 1.165) is 69.2 Å². The van der Waals surface area contributed by atoms with E-state index in [1.54, 1.807) is 18.6 Å². The van der Waals surface area contributed by atoms with Crippen LogP contribution in [0, 0.1) is 12.3 Å². The van der Waals surface area contributed by atoms with Crippen molar-refractivity contribution >= 4 is 11.8 Å². The van der Waals surface area contributed by atoms with Crippen molar-refractivity contribution in [3.05, 3.63) is 35.5 Å². The topological polar surface area (TPSA) is 78.3 Å². The summed E-state index contributed by atoms with van der Waals surface area (Å²) in [6, 6.07) is 0. The number of fused-ring (bicyclic) bond motifs is 1. The number of hydrogen-bond acceptors (Lipinski definition) is 7. The molecule has 2 aromatic rings. The smallest absolute Gasteiger partial charge is 0.225 e. The molecule has 0 amide bonds. The van der Waals surface area contributed by atoms with Crippen molar-refractivity contribution in [2.45, 2.75) is 51.6 Å². The zero-order chi connectivity index (χ0) is 19.1. The number of anilines is 2. The van der Waals surface area contributed by atoms with Crippen molar-refractivity contribution in [1.29, 1.82) is 0 Å². The third-order valence-corrected chi connectivity index (χ3v) is 6.73. The first-order valence-electron chi connectivity index (χ1n) is 10.4. The first-order valence-corrected chi connectivity index (χ1v) is 10.4. The van der Waals surface area contributed by atoms with E-state index in [0.29, 0.717) is 6.54 Å². The Labute approximate surface area is 165 Å². The summed E-state index contributed by atoms with van der Waals surface area (Å²) in [7, 11) is 0. The summed E-state index contributed by atoms with van der Waals surface area (Å²) in [6.45, 7) is 5.58. The molecule has 0 aromatic carbocycles. The molecule has 2 saturated heterocycles. The molecule has 0 radical (unpaired) electrons. The highest BCUT2D eigenvalue weighted by molar-refractivity contribution is 5.41. The van der Waals surface area contributed by atoms with Crippen LogP contribution in [-0.4, -0.2) is 57.3 Å². The second-order valence-corrected chi connectivity index (χ2v) is 8.68. The van der Waals surface area contributed by atoms with Crippen molar-refractivity contribution in [3.8, 4) is 0 Å². The summed E-state index contributed by atoms with van der Waals surface area (Å²) < 4.78 is 0. The second kappa shape index (κ2) is 6.95. The maximum Gasteiger partial charge on any atom is 0.225 e. The Kier molecular flexibility index (Phi) is 4.42. The van der Waals surface area contributed by atoms with Crippen LogP contribution in [0.1, 0.15) is 42.6 Å². The highest BCUT2D eigenvalue weighted by atomic mass is 16.3. The molecule has 4 heterocycles.